The topological polar surface area (TPSA) is 93.2 Å². The second kappa shape index (κ2) is 8.67. The van der Waals surface area contributed by atoms with Crippen LogP contribution in [0.25, 0.3) is 11.3 Å². The average Bonchev–Trinajstić information content (AvgIpc) is 2.70. The molecule has 4 rings (SSSR count). The van der Waals surface area contributed by atoms with Crippen molar-refractivity contribution in [2.24, 2.45) is 5.41 Å². The fraction of sp³-hybridized carbons (Fsp3) is 0.360. The van der Waals surface area contributed by atoms with E-state index in [1.807, 2.05) is 38.1 Å². The Balaban J connectivity index is 1.84. The maximum Gasteiger partial charge on any atom is 0.264 e. The summed E-state index contributed by atoms with van der Waals surface area (Å²) < 4.78 is 34.9. The molecule has 7 nitrogen and oxygen atoms in total. The van der Waals surface area contributed by atoms with Gasteiger partial charge in [-0.25, -0.2) is 18.1 Å². The van der Waals surface area contributed by atoms with Gasteiger partial charge in [0.1, 0.15) is 6.61 Å². The monoisotopic (exact) mass is 466 g/mol. The number of aryl methyl sites for hydroxylation is 2. The second-order valence-electron chi connectivity index (χ2n) is 9.73. The van der Waals surface area contributed by atoms with Gasteiger partial charge in [-0.1, -0.05) is 45.0 Å². The highest BCUT2D eigenvalue weighted by molar-refractivity contribution is 7.92. The van der Waals surface area contributed by atoms with E-state index < -0.39 is 10.0 Å². The molecule has 0 unspecified atom stereocenters. The fourth-order valence-electron chi connectivity index (χ4n) is 4.14. The van der Waals surface area contributed by atoms with Crippen LogP contribution in [0.3, 0.4) is 0 Å². The first-order chi connectivity index (χ1) is 15.5. The standard InChI is InChI=1S/C25H30N4O3S/c1-16-8-6-9-17(2)23(16)21-13-22-28-24(27-21)29-33(30,31)20-11-7-10-18(12-20)26-19(15-32-22)14-25(3,4)5/h6-13,19,26H,14-15H2,1-5H3,(H,27,28,29)/t19-/m1/s1. The Morgan fingerprint density at radius 1 is 1.03 bits per heavy atom. The Kier molecular flexibility index (Phi) is 6.05. The van der Waals surface area contributed by atoms with Gasteiger partial charge in [0.15, 0.2) is 0 Å². The molecular formula is C25H30N4O3S. The first-order valence-corrected chi connectivity index (χ1v) is 12.5. The van der Waals surface area contributed by atoms with E-state index >= 15 is 0 Å². The molecule has 3 aromatic rings. The van der Waals surface area contributed by atoms with Crippen LogP contribution < -0.4 is 14.8 Å². The van der Waals surface area contributed by atoms with Crippen molar-refractivity contribution in [1.82, 2.24) is 9.97 Å². The maximum absolute atomic E-state index is 13.1. The molecule has 1 aromatic heterocycles. The number of hydrogen-bond donors (Lipinski definition) is 2. The number of nitrogens with zero attached hydrogens (tertiary/aromatic N) is 2. The number of benzene rings is 2. The minimum Gasteiger partial charge on any atom is -0.475 e. The van der Waals surface area contributed by atoms with E-state index in [9.17, 15) is 8.42 Å². The van der Waals surface area contributed by atoms with Gasteiger partial charge in [0.05, 0.1) is 16.6 Å². The SMILES string of the molecule is Cc1cccc(C)c1-c1cc2nc(n1)NS(=O)(=O)c1cccc(c1)N[C@H](CC(C)(C)C)CO2. The first-order valence-electron chi connectivity index (χ1n) is 11.0. The van der Waals surface area contributed by atoms with Gasteiger partial charge >= 0.3 is 0 Å². The van der Waals surface area contributed by atoms with Gasteiger partial charge in [0.2, 0.25) is 11.8 Å². The average molecular weight is 467 g/mol. The van der Waals surface area contributed by atoms with Crippen LogP contribution in [0.15, 0.2) is 53.4 Å². The lowest BCUT2D eigenvalue weighted by atomic mass is 9.88. The highest BCUT2D eigenvalue weighted by atomic mass is 32.2. The molecule has 4 bridgehead atoms. The predicted octanol–water partition coefficient (Wildman–Crippen LogP) is 5.17. The maximum atomic E-state index is 13.1. The van der Waals surface area contributed by atoms with Crippen LogP contribution in [0.4, 0.5) is 11.6 Å². The molecule has 1 aliphatic rings. The summed E-state index contributed by atoms with van der Waals surface area (Å²) >= 11 is 0. The van der Waals surface area contributed by atoms with Crippen LogP contribution in [0.5, 0.6) is 5.88 Å². The molecule has 0 spiro atoms. The van der Waals surface area contributed by atoms with Crippen molar-refractivity contribution < 1.29 is 13.2 Å². The van der Waals surface area contributed by atoms with E-state index in [4.69, 9.17) is 4.74 Å². The van der Waals surface area contributed by atoms with Crippen LogP contribution in [0, 0.1) is 19.3 Å². The molecule has 0 saturated carbocycles. The number of rotatable bonds is 2. The van der Waals surface area contributed by atoms with Crippen LogP contribution >= 0.6 is 0 Å². The molecular weight excluding hydrogens is 436 g/mol. The lowest BCUT2D eigenvalue weighted by Crippen LogP contribution is -2.32. The van der Waals surface area contributed by atoms with E-state index in [1.54, 1.807) is 24.3 Å². The summed E-state index contributed by atoms with van der Waals surface area (Å²) in [6.45, 7) is 10.9. The number of ether oxygens (including phenoxy) is 1. The van der Waals surface area contributed by atoms with E-state index in [-0.39, 0.29) is 22.3 Å². The summed E-state index contributed by atoms with van der Waals surface area (Å²) in [4.78, 5) is 9.05. The van der Waals surface area contributed by atoms with Gasteiger partial charge in [-0.15, -0.1) is 0 Å². The second-order valence-corrected chi connectivity index (χ2v) is 11.4. The molecule has 0 aliphatic carbocycles. The molecule has 2 N–H and O–H groups in total. The third-order valence-electron chi connectivity index (χ3n) is 5.47. The van der Waals surface area contributed by atoms with Crippen molar-refractivity contribution in [2.45, 2.75) is 52.0 Å². The zero-order valence-electron chi connectivity index (χ0n) is 19.6. The van der Waals surface area contributed by atoms with Crippen molar-refractivity contribution in [2.75, 3.05) is 16.6 Å². The largest absolute Gasteiger partial charge is 0.475 e. The molecule has 8 heteroatoms. The van der Waals surface area contributed by atoms with Crippen LogP contribution in [0.2, 0.25) is 0 Å². The van der Waals surface area contributed by atoms with Crippen LogP contribution in [0.1, 0.15) is 38.3 Å². The summed E-state index contributed by atoms with van der Waals surface area (Å²) in [5, 5.41) is 3.44. The lowest BCUT2D eigenvalue weighted by Gasteiger charge is -2.28. The molecule has 2 heterocycles. The number of hydrogen-bond acceptors (Lipinski definition) is 6. The molecule has 0 amide bonds. The predicted molar refractivity (Wildman–Crippen MR) is 131 cm³/mol. The van der Waals surface area contributed by atoms with Crippen molar-refractivity contribution in [3.05, 3.63) is 59.7 Å². The summed E-state index contributed by atoms with van der Waals surface area (Å²) in [5.74, 6) is 0.307. The normalized spacial score (nSPS) is 17.5. The summed E-state index contributed by atoms with van der Waals surface area (Å²) in [5.41, 5.74) is 4.38. The Morgan fingerprint density at radius 3 is 2.42 bits per heavy atom. The van der Waals surface area contributed by atoms with Gasteiger partial charge in [-0.3, -0.25) is 0 Å². The molecule has 0 fully saturated rings. The highest BCUT2D eigenvalue weighted by Gasteiger charge is 2.23. The minimum atomic E-state index is -3.89. The molecule has 174 valence electrons. The van der Waals surface area contributed by atoms with E-state index in [2.05, 4.69) is 40.8 Å². The molecule has 0 saturated heterocycles. The summed E-state index contributed by atoms with van der Waals surface area (Å²) in [7, 11) is -3.89. The van der Waals surface area contributed by atoms with Crippen molar-refractivity contribution in [1.29, 1.82) is 0 Å². The molecule has 0 radical (unpaired) electrons. The van der Waals surface area contributed by atoms with Gasteiger partial charge in [0.25, 0.3) is 10.0 Å². The molecule has 2 aromatic carbocycles. The van der Waals surface area contributed by atoms with Crippen molar-refractivity contribution >= 4 is 21.7 Å². The Morgan fingerprint density at radius 2 is 1.73 bits per heavy atom. The lowest BCUT2D eigenvalue weighted by molar-refractivity contribution is 0.244. The number of fused-ring (bicyclic) bond motifs is 4. The fourth-order valence-corrected chi connectivity index (χ4v) is 5.13. The number of anilines is 2. The van der Waals surface area contributed by atoms with E-state index in [1.165, 1.54) is 0 Å². The third kappa shape index (κ3) is 5.45. The molecule has 33 heavy (non-hydrogen) atoms. The summed E-state index contributed by atoms with van der Waals surface area (Å²) in [6, 6.07) is 14.5. The highest BCUT2D eigenvalue weighted by Crippen LogP contribution is 2.31. The van der Waals surface area contributed by atoms with Crippen LogP contribution in [-0.2, 0) is 10.0 Å². The molecule has 1 aliphatic heterocycles. The molecule has 1 atom stereocenters. The zero-order valence-corrected chi connectivity index (χ0v) is 20.5. The van der Waals surface area contributed by atoms with Gasteiger partial charge in [-0.2, -0.15) is 4.98 Å². The number of sulfonamides is 1. The number of nitrogens with one attached hydrogen (secondary N) is 2. The van der Waals surface area contributed by atoms with Gasteiger partial charge in [-0.05, 0) is 55.0 Å². The smallest absolute Gasteiger partial charge is 0.264 e. The first kappa shape index (κ1) is 23.0. The van der Waals surface area contributed by atoms with Crippen molar-refractivity contribution in [3.63, 3.8) is 0 Å². The van der Waals surface area contributed by atoms with Gasteiger partial charge < -0.3 is 10.1 Å². The van der Waals surface area contributed by atoms with Crippen molar-refractivity contribution in [3.8, 4) is 17.1 Å². The van der Waals surface area contributed by atoms with Gasteiger partial charge in [0, 0.05) is 17.3 Å². The minimum absolute atomic E-state index is 0.0172. The number of aromatic nitrogens is 2. The Hall–Kier alpha value is -3.13. The third-order valence-corrected chi connectivity index (χ3v) is 6.80. The Labute approximate surface area is 195 Å². The quantitative estimate of drug-likeness (QED) is 0.541. The zero-order chi connectivity index (χ0) is 23.8. The van der Waals surface area contributed by atoms with E-state index in [0.717, 1.165) is 28.8 Å². The summed E-state index contributed by atoms with van der Waals surface area (Å²) in [6.07, 6.45) is 0.823. The van der Waals surface area contributed by atoms with E-state index in [0.29, 0.717) is 18.2 Å². The van der Waals surface area contributed by atoms with Crippen LogP contribution in [-0.4, -0.2) is 31.0 Å². The Bertz CT molecular complexity index is 1260.